The van der Waals surface area contributed by atoms with Gasteiger partial charge < -0.3 is 15.8 Å². The number of aromatic amines is 1. The number of nitrogens with two attached hydrogens (primary N) is 1. The van der Waals surface area contributed by atoms with Crippen molar-refractivity contribution in [3.63, 3.8) is 0 Å². The summed E-state index contributed by atoms with van der Waals surface area (Å²) in [4.78, 5) is 33.7. The molecule has 0 spiro atoms. The number of aromatic nitrogens is 2. The third-order valence-electron chi connectivity index (χ3n) is 6.12. The Hall–Kier alpha value is -3.97. The van der Waals surface area contributed by atoms with Gasteiger partial charge in [-0.05, 0) is 30.2 Å². The number of hydrogen-bond acceptors (Lipinski definition) is 4. The van der Waals surface area contributed by atoms with Gasteiger partial charge in [0.15, 0.2) is 5.72 Å². The van der Waals surface area contributed by atoms with Gasteiger partial charge in [0, 0.05) is 36.1 Å². The summed E-state index contributed by atoms with van der Waals surface area (Å²) in [6, 6.07) is 22.3. The Labute approximate surface area is 190 Å². The van der Waals surface area contributed by atoms with Gasteiger partial charge in [-0.3, -0.25) is 14.5 Å². The van der Waals surface area contributed by atoms with E-state index in [1.807, 2.05) is 54.6 Å². The van der Waals surface area contributed by atoms with E-state index in [1.165, 1.54) is 4.90 Å². The molecule has 1 aliphatic rings. The summed E-state index contributed by atoms with van der Waals surface area (Å²) < 4.78 is 0. The topological polar surface area (TPSA) is 112 Å². The number of rotatable bonds is 7. The lowest BCUT2D eigenvalue weighted by molar-refractivity contribution is -0.118. The molecule has 0 saturated heterocycles. The molecule has 0 fully saturated rings. The number of carbonyl (C=O) groups excluding carboxylic acids is 2. The van der Waals surface area contributed by atoms with Crippen LogP contribution in [0.3, 0.4) is 0 Å². The van der Waals surface area contributed by atoms with Gasteiger partial charge in [0.05, 0.1) is 11.0 Å². The zero-order chi connectivity index (χ0) is 23.0. The Balaban J connectivity index is 1.55. The Bertz CT molecular complexity index is 1350. The van der Waals surface area contributed by atoms with Crippen LogP contribution in [0.5, 0.6) is 0 Å². The Kier molecular flexibility index (Phi) is 5.18. The minimum Gasteiger partial charge on any atom is -0.370 e. The van der Waals surface area contributed by atoms with Crippen LogP contribution in [0.4, 0.5) is 0 Å². The number of H-pyrrole nitrogens is 1. The maximum atomic E-state index is 13.3. The summed E-state index contributed by atoms with van der Waals surface area (Å²) in [5, 5.41) is 12.1. The van der Waals surface area contributed by atoms with Crippen LogP contribution in [-0.4, -0.2) is 31.8 Å². The molecular weight excluding hydrogens is 416 g/mol. The van der Waals surface area contributed by atoms with E-state index in [0.29, 0.717) is 36.0 Å². The molecule has 5 rings (SSSR count). The SMILES string of the molecule is NC(=O)CCCc1nc2ccc(C3(O)c4ccccc4C(=O)N3Cc3ccccc3)cc2[nH]1. The fourth-order valence-electron chi connectivity index (χ4n) is 4.50. The van der Waals surface area contributed by atoms with Crippen LogP contribution < -0.4 is 5.73 Å². The number of imidazole rings is 1. The van der Waals surface area contributed by atoms with Gasteiger partial charge in [0.2, 0.25) is 5.91 Å². The van der Waals surface area contributed by atoms with Crippen LogP contribution in [-0.2, 0) is 23.5 Å². The molecule has 1 aliphatic heterocycles. The van der Waals surface area contributed by atoms with Gasteiger partial charge >= 0.3 is 0 Å². The highest BCUT2D eigenvalue weighted by atomic mass is 16.3. The predicted octanol–water partition coefficient (Wildman–Crippen LogP) is 3.22. The second kappa shape index (κ2) is 8.18. The number of aliphatic hydroxyl groups is 1. The minimum absolute atomic E-state index is 0.214. The van der Waals surface area contributed by atoms with Crippen LogP contribution in [0, 0.1) is 0 Å². The smallest absolute Gasteiger partial charge is 0.257 e. The first kappa shape index (κ1) is 20.9. The van der Waals surface area contributed by atoms with Gasteiger partial charge in [-0.25, -0.2) is 4.98 Å². The number of aryl methyl sites for hydroxylation is 1. The van der Waals surface area contributed by atoms with Crippen molar-refractivity contribution < 1.29 is 14.7 Å². The maximum Gasteiger partial charge on any atom is 0.257 e. The first-order valence-corrected chi connectivity index (χ1v) is 10.9. The fraction of sp³-hybridized carbons (Fsp3) is 0.192. The van der Waals surface area contributed by atoms with E-state index in [4.69, 9.17) is 5.73 Å². The zero-order valence-corrected chi connectivity index (χ0v) is 18.0. The minimum atomic E-state index is -1.62. The molecule has 0 aliphatic carbocycles. The summed E-state index contributed by atoms with van der Waals surface area (Å²) in [6.45, 7) is 0.268. The summed E-state index contributed by atoms with van der Waals surface area (Å²) in [5.41, 5.74) is 7.68. The molecule has 4 aromatic rings. The van der Waals surface area contributed by atoms with Crippen molar-refractivity contribution in [3.8, 4) is 0 Å². The van der Waals surface area contributed by atoms with Crippen molar-refractivity contribution in [2.75, 3.05) is 0 Å². The number of carbonyl (C=O) groups is 2. The van der Waals surface area contributed by atoms with Gasteiger partial charge in [-0.2, -0.15) is 0 Å². The summed E-state index contributed by atoms with van der Waals surface area (Å²) in [7, 11) is 0. The summed E-state index contributed by atoms with van der Waals surface area (Å²) >= 11 is 0. The molecular formula is C26H24N4O3. The lowest BCUT2D eigenvalue weighted by atomic mass is 9.93. The number of hydrogen-bond donors (Lipinski definition) is 3. The fourth-order valence-corrected chi connectivity index (χ4v) is 4.50. The Morgan fingerprint density at radius 3 is 2.61 bits per heavy atom. The third kappa shape index (κ3) is 3.66. The van der Waals surface area contributed by atoms with Crippen LogP contribution in [0.2, 0.25) is 0 Å². The van der Waals surface area contributed by atoms with Gasteiger partial charge in [-0.1, -0.05) is 54.6 Å². The highest BCUT2D eigenvalue weighted by Crippen LogP contribution is 2.43. The highest BCUT2D eigenvalue weighted by Gasteiger charge is 2.49. The first-order valence-electron chi connectivity index (χ1n) is 10.9. The van der Waals surface area contributed by atoms with Crippen molar-refractivity contribution >= 4 is 22.8 Å². The van der Waals surface area contributed by atoms with E-state index in [1.54, 1.807) is 18.2 Å². The van der Waals surface area contributed by atoms with E-state index < -0.39 is 5.72 Å². The van der Waals surface area contributed by atoms with E-state index in [-0.39, 0.29) is 18.4 Å². The first-order chi connectivity index (χ1) is 16.0. The molecule has 1 aromatic heterocycles. The lowest BCUT2D eigenvalue weighted by Crippen LogP contribution is -2.44. The summed E-state index contributed by atoms with van der Waals surface area (Å²) in [6.07, 6.45) is 1.51. The number of primary amides is 1. The molecule has 0 saturated carbocycles. The maximum absolute atomic E-state index is 13.3. The van der Waals surface area contributed by atoms with Gasteiger partial charge in [0.25, 0.3) is 5.91 Å². The molecule has 1 unspecified atom stereocenters. The quantitative estimate of drug-likeness (QED) is 0.410. The van der Waals surface area contributed by atoms with Crippen LogP contribution in [0.15, 0.2) is 72.8 Å². The molecule has 1 atom stereocenters. The van der Waals surface area contributed by atoms with Crippen molar-refractivity contribution in [3.05, 3.63) is 101 Å². The van der Waals surface area contributed by atoms with E-state index in [9.17, 15) is 14.7 Å². The van der Waals surface area contributed by atoms with Gasteiger partial charge in [-0.15, -0.1) is 0 Å². The highest BCUT2D eigenvalue weighted by molar-refractivity contribution is 6.00. The molecule has 2 amide bonds. The average Bonchev–Trinajstić information content (AvgIpc) is 3.32. The average molecular weight is 441 g/mol. The number of nitrogens with one attached hydrogen (secondary N) is 1. The number of benzene rings is 3. The number of amides is 2. The Morgan fingerprint density at radius 2 is 1.82 bits per heavy atom. The monoisotopic (exact) mass is 440 g/mol. The van der Waals surface area contributed by atoms with Crippen LogP contribution in [0.1, 0.15) is 45.7 Å². The molecule has 2 heterocycles. The third-order valence-corrected chi connectivity index (χ3v) is 6.12. The molecule has 166 valence electrons. The largest absolute Gasteiger partial charge is 0.370 e. The second-order valence-corrected chi connectivity index (χ2v) is 8.33. The molecule has 7 heteroatoms. The van der Waals surface area contributed by atoms with Gasteiger partial charge in [0.1, 0.15) is 5.82 Å². The lowest BCUT2D eigenvalue weighted by Gasteiger charge is -2.35. The van der Waals surface area contributed by atoms with E-state index >= 15 is 0 Å². The van der Waals surface area contributed by atoms with E-state index in [2.05, 4.69) is 9.97 Å². The van der Waals surface area contributed by atoms with Crippen molar-refractivity contribution in [1.29, 1.82) is 0 Å². The number of nitrogens with zero attached hydrogens (tertiary/aromatic N) is 2. The predicted molar refractivity (Wildman–Crippen MR) is 124 cm³/mol. The van der Waals surface area contributed by atoms with Crippen molar-refractivity contribution in [1.82, 2.24) is 14.9 Å². The summed E-state index contributed by atoms with van der Waals surface area (Å²) in [5.74, 6) is 0.201. The van der Waals surface area contributed by atoms with E-state index in [0.717, 1.165) is 22.4 Å². The Morgan fingerprint density at radius 1 is 1.06 bits per heavy atom. The second-order valence-electron chi connectivity index (χ2n) is 8.33. The molecule has 0 radical (unpaired) electrons. The molecule has 4 N–H and O–H groups in total. The zero-order valence-electron chi connectivity index (χ0n) is 18.0. The van der Waals surface area contributed by atoms with Crippen molar-refractivity contribution in [2.24, 2.45) is 5.73 Å². The van der Waals surface area contributed by atoms with Crippen LogP contribution >= 0.6 is 0 Å². The number of fused-ring (bicyclic) bond motifs is 2. The normalized spacial score (nSPS) is 17.5. The molecule has 0 bridgehead atoms. The molecule has 3 aromatic carbocycles. The van der Waals surface area contributed by atoms with Crippen molar-refractivity contribution in [2.45, 2.75) is 31.5 Å². The standard InChI is InChI=1S/C26H24N4O3/c27-23(31)11-6-12-24-28-21-14-13-18(15-22(21)29-24)26(33)20-10-5-4-9-19(20)25(32)30(26)16-17-7-2-1-3-8-17/h1-5,7-10,13-15,33H,6,11-12,16H2,(H2,27,31)(H,28,29). The molecule has 7 nitrogen and oxygen atoms in total. The molecule has 33 heavy (non-hydrogen) atoms. The van der Waals surface area contributed by atoms with Crippen LogP contribution in [0.25, 0.3) is 11.0 Å².